The molecule has 19 heavy (non-hydrogen) atoms. The van der Waals surface area contributed by atoms with E-state index in [2.05, 4.69) is 24.9 Å². The molecule has 0 fully saturated rings. The minimum Gasteiger partial charge on any atom is -0.383 e. The molecule has 3 heteroatoms. The molecule has 0 aliphatic rings. The van der Waals surface area contributed by atoms with Crippen molar-refractivity contribution in [1.82, 2.24) is 4.98 Å². The summed E-state index contributed by atoms with van der Waals surface area (Å²) in [6.07, 6.45) is 2.30. The Bertz CT molecular complexity index is 537. The van der Waals surface area contributed by atoms with Crippen molar-refractivity contribution in [3.05, 3.63) is 35.9 Å². The first-order chi connectivity index (χ1) is 9.16. The quantitative estimate of drug-likeness (QED) is 0.802. The summed E-state index contributed by atoms with van der Waals surface area (Å²) in [7, 11) is 0. The van der Waals surface area contributed by atoms with E-state index in [9.17, 15) is 0 Å². The van der Waals surface area contributed by atoms with E-state index in [1.165, 1.54) is 6.42 Å². The van der Waals surface area contributed by atoms with Gasteiger partial charge in [0.1, 0.15) is 5.82 Å². The van der Waals surface area contributed by atoms with Gasteiger partial charge in [-0.25, -0.2) is 4.98 Å². The normalized spacial score (nSPS) is 11.3. The maximum absolute atomic E-state index is 5.96. The van der Waals surface area contributed by atoms with Gasteiger partial charge in [0, 0.05) is 17.6 Å². The minimum atomic E-state index is 0.543. The molecule has 2 rings (SSSR count). The Morgan fingerprint density at radius 2 is 2.05 bits per heavy atom. The summed E-state index contributed by atoms with van der Waals surface area (Å²) >= 11 is 0. The molecule has 1 aromatic heterocycles. The Morgan fingerprint density at radius 1 is 1.26 bits per heavy atom. The van der Waals surface area contributed by atoms with E-state index >= 15 is 0 Å². The van der Waals surface area contributed by atoms with Crippen LogP contribution in [0.5, 0.6) is 0 Å². The van der Waals surface area contributed by atoms with E-state index in [-0.39, 0.29) is 0 Å². The van der Waals surface area contributed by atoms with Gasteiger partial charge in [-0.3, -0.25) is 0 Å². The van der Waals surface area contributed by atoms with Crippen LogP contribution in [0.1, 0.15) is 32.3 Å². The van der Waals surface area contributed by atoms with Crippen molar-refractivity contribution < 1.29 is 4.74 Å². The number of nitrogens with two attached hydrogens (primary N) is 1. The fraction of sp³-hybridized carbons (Fsp3) is 0.438. The van der Waals surface area contributed by atoms with Crippen LogP contribution in [0.3, 0.4) is 0 Å². The van der Waals surface area contributed by atoms with Gasteiger partial charge in [0.2, 0.25) is 0 Å². The second kappa shape index (κ2) is 6.53. The highest BCUT2D eigenvalue weighted by molar-refractivity contribution is 5.81. The van der Waals surface area contributed by atoms with Crippen LogP contribution in [0.15, 0.2) is 30.3 Å². The maximum Gasteiger partial charge on any atom is 0.129 e. The highest BCUT2D eigenvalue weighted by Crippen LogP contribution is 2.19. The summed E-state index contributed by atoms with van der Waals surface area (Å²) in [5, 5.41) is 1.11. The molecule has 0 aliphatic carbocycles. The molecule has 2 N–H and O–H groups in total. The molecule has 102 valence electrons. The van der Waals surface area contributed by atoms with Crippen LogP contribution in [0.4, 0.5) is 5.82 Å². The van der Waals surface area contributed by atoms with Gasteiger partial charge in [-0.15, -0.1) is 0 Å². The van der Waals surface area contributed by atoms with Gasteiger partial charge in [-0.1, -0.05) is 32.0 Å². The van der Waals surface area contributed by atoms with E-state index in [0.717, 1.165) is 35.4 Å². The van der Waals surface area contributed by atoms with E-state index in [1.807, 2.05) is 24.3 Å². The summed E-state index contributed by atoms with van der Waals surface area (Å²) in [5.74, 6) is 1.30. The molecule has 0 radical (unpaired) electrons. The summed E-state index contributed by atoms with van der Waals surface area (Å²) in [5.41, 5.74) is 7.87. The van der Waals surface area contributed by atoms with Crippen molar-refractivity contribution in [3.8, 4) is 0 Å². The number of hydrogen-bond donors (Lipinski definition) is 1. The van der Waals surface area contributed by atoms with E-state index in [4.69, 9.17) is 10.5 Å². The lowest BCUT2D eigenvalue weighted by Crippen LogP contribution is -2.02. The third-order valence-electron chi connectivity index (χ3n) is 3.16. The molecule has 0 amide bonds. The van der Waals surface area contributed by atoms with Gasteiger partial charge in [0.05, 0.1) is 12.1 Å². The molecule has 1 aromatic carbocycles. The molecule has 3 nitrogen and oxygen atoms in total. The first-order valence-electron chi connectivity index (χ1n) is 6.88. The van der Waals surface area contributed by atoms with Crippen molar-refractivity contribution >= 4 is 16.7 Å². The van der Waals surface area contributed by atoms with Gasteiger partial charge in [0.15, 0.2) is 0 Å². The van der Waals surface area contributed by atoms with Crippen molar-refractivity contribution in [2.75, 3.05) is 12.3 Å². The SMILES string of the molecule is CC(C)CCCOCc1cc2ccccc2nc1N. The Kier molecular flexibility index (Phi) is 4.74. The summed E-state index contributed by atoms with van der Waals surface area (Å²) < 4.78 is 5.68. The fourth-order valence-electron chi connectivity index (χ4n) is 2.07. The molecule has 0 bridgehead atoms. The predicted octanol–water partition coefficient (Wildman–Crippen LogP) is 3.77. The zero-order valence-corrected chi connectivity index (χ0v) is 11.7. The first kappa shape index (κ1) is 13.8. The highest BCUT2D eigenvalue weighted by atomic mass is 16.5. The van der Waals surface area contributed by atoms with Crippen molar-refractivity contribution in [3.63, 3.8) is 0 Å². The number of pyridine rings is 1. The molecule has 1 heterocycles. The van der Waals surface area contributed by atoms with Crippen molar-refractivity contribution in [2.24, 2.45) is 5.92 Å². The number of ether oxygens (including phenoxy) is 1. The Balaban J connectivity index is 1.95. The number of nitrogen functional groups attached to an aromatic ring is 1. The smallest absolute Gasteiger partial charge is 0.129 e. The lowest BCUT2D eigenvalue weighted by molar-refractivity contribution is 0.115. The van der Waals surface area contributed by atoms with E-state index in [0.29, 0.717) is 12.4 Å². The third-order valence-corrected chi connectivity index (χ3v) is 3.16. The monoisotopic (exact) mass is 258 g/mol. The van der Waals surface area contributed by atoms with Gasteiger partial charge in [-0.2, -0.15) is 0 Å². The van der Waals surface area contributed by atoms with Crippen LogP contribution < -0.4 is 5.73 Å². The number of rotatable bonds is 6. The Labute approximate surface area is 114 Å². The number of nitrogens with zero attached hydrogens (tertiary/aromatic N) is 1. The minimum absolute atomic E-state index is 0.543. The molecular weight excluding hydrogens is 236 g/mol. The standard InChI is InChI=1S/C16H22N2O/c1-12(2)6-5-9-19-11-14-10-13-7-3-4-8-15(13)18-16(14)17/h3-4,7-8,10,12H,5-6,9,11H2,1-2H3,(H2,17,18). The van der Waals surface area contributed by atoms with E-state index in [1.54, 1.807) is 0 Å². The zero-order chi connectivity index (χ0) is 13.7. The number of aromatic nitrogens is 1. The number of benzene rings is 1. The summed E-state index contributed by atoms with van der Waals surface area (Å²) in [6.45, 7) is 5.78. The molecule has 0 spiro atoms. The number of anilines is 1. The molecule has 0 saturated heterocycles. The van der Waals surface area contributed by atoms with Crippen LogP contribution in [0.2, 0.25) is 0 Å². The third kappa shape index (κ3) is 3.93. The first-order valence-corrected chi connectivity index (χ1v) is 6.88. The molecule has 2 aromatic rings. The van der Waals surface area contributed by atoms with Crippen molar-refractivity contribution in [1.29, 1.82) is 0 Å². The fourth-order valence-corrected chi connectivity index (χ4v) is 2.07. The Morgan fingerprint density at radius 3 is 2.84 bits per heavy atom. The van der Waals surface area contributed by atoms with Gasteiger partial charge in [-0.05, 0) is 30.9 Å². The molecule has 0 aliphatic heterocycles. The van der Waals surface area contributed by atoms with Crippen LogP contribution in [0.25, 0.3) is 10.9 Å². The molecule has 0 atom stereocenters. The van der Waals surface area contributed by atoms with Gasteiger partial charge >= 0.3 is 0 Å². The largest absolute Gasteiger partial charge is 0.383 e. The highest BCUT2D eigenvalue weighted by Gasteiger charge is 2.04. The maximum atomic E-state index is 5.96. The second-order valence-electron chi connectivity index (χ2n) is 5.31. The molecule has 0 unspecified atom stereocenters. The Hall–Kier alpha value is -1.61. The van der Waals surface area contributed by atoms with Gasteiger partial charge in [0.25, 0.3) is 0 Å². The van der Waals surface area contributed by atoms with Crippen LogP contribution >= 0.6 is 0 Å². The molecular formula is C16H22N2O. The average Bonchev–Trinajstić information content (AvgIpc) is 2.38. The zero-order valence-electron chi connectivity index (χ0n) is 11.7. The van der Waals surface area contributed by atoms with Crippen molar-refractivity contribution in [2.45, 2.75) is 33.3 Å². The van der Waals surface area contributed by atoms with Crippen LogP contribution in [-0.4, -0.2) is 11.6 Å². The van der Waals surface area contributed by atoms with E-state index < -0.39 is 0 Å². The second-order valence-corrected chi connectivity index (χ2v) is 5.31. The van der Waals surface area contributed by atoms with Gasteiger partial charge < -0.3 is 10.5 Å². The number of para-hydroxylation sites is 1. The lowest BCUT2D eigenvalue weighted by atomic mass is 10.1. The number of hydrogen-bond acceptors (Lipinski definition) is 3. The van der Waals surface area contributed by atoms with Crippen LogP contribution in [0, 0.1) is 5.92 Å². The average molecular weight is 258 g/mol. The lowest BCUT2D eigenvalue weighted by Gasteiger charge is -2.09. The molecule has 0 saturated carbocycles. The summed E-state index contributed by atoms with van der Waals surface area (Å²) in [6, 6.07) is 10.1. The number of fused-ring (bicyclic) bond motifs is 1. The van der Waals surface area contributed by atoms with Crippen LogP contribution in [-0.2, 0) is 11.3 Å². The summed E-state index contributed by atoms with van der Waals surface area (Å²) in [4.78, 5) is 4.40. The predicted molar refractivity (Wildman–Crippen MR) is 79.9 cm³/mol. The topological polar surface area (TPSA) is 48.1 Å².